The molecule has 14 heavy (non-hydrogen) atoms. The molecule has 0 aliphatic carbocycles. The molecule has 0 aliphatic heterocycles. The Morgan fingerprint density at radius 2 is 2.29 bits per heavy atom. The average Bonchev–Trinajstić information content (AvgIpc) is 2.48. The molecule has 1 rings (SSSR count). The van der Waals surface area contributed by atoms with Gasteiger partial charge in [0.2, 0.25) is 0 Å². The second-order valence-corrected chi connectivity index (χ2v) is 5.30. The molecule has 1 aromatic heterocycles. The Morgan fingerprint density at radius 1 is 1.57 bits per heavy atom. The SMILES string of the molecule is CCCC(C)(C)NCc1cnc(N)s1. The highest BCUT2D eigenvalue weighted by Crippen LogP contribution is 2.17. The summed E-state index contributed by atoms with van der Waals surface area (Å²) in [5.41, 5.74) is 5.76. The van der Waals surface area contributed by atoms with Gasteiger partial charge >= 0.3 is 0 Å². The van der Waals surface area contributed by atoms with Crippen LogP contribution < -0.4 is 11.1 Å². The summed E-state index contributed by atoms with van der Waals surface area (Å²) in [6, 6.07) is 0. The zero-order valence-electron chi connectivity index (χ0n) is 9.13. The minimum Gasteiger partial charge on any atom is -0.375 e. The summed E-state index contributed by atoms with van der Waals surface area (Å²) < 4.78 is 0. The summed E-state index contributed by atoms with van der Waals surface area (Å²) in [5.74, 6) is 0. The quantitative estimate of drug-likeness (QED) is 0.789. The highest BCUT2D eigenvalue weighted by Gasteiger charge is 2.15. The average molecular weight is 213 g/mol. The molecular formula is C10H19N3S. The van der Waals surface area contributed by atoms with Gasteiger partial charge in [-0.2, -0.15) is 0 Å². The molecule has 0 radical (unpaired) electrons. The third kappa shape index (κ3) is 3.64. The van der Waals surface area contributed by atoms with Crippen LogP contribution in [0.2, 0.25) is 0 Å². The molecule has 1 aromatic rings. The van der Waals surface area contributed by atoms with Gasteiger partial charge in [-0.05, 0) is 20.3 Å². The number of thiazole rings is 1. The van der Waals surface area contributed by atoms with E-state index < -0.39 is 0 Å². The molecule has 80 valence electrons. The lowest BCUT2D eigenvalue weighted by Crippen LogP contribution is -2.38. The van der Waals surface area contributed by atoms with E-state index in [1.54, 1.807) is 11.3 Å². The first-order valence-electron chi connectivity index (χ1n) is 4.99. The van der Waals surface area contributed by atoms with E-state index in [-0.39, 0.29) is 5.54 Å². The molecule has 3 nitrogen and oxygen atoms in total. The molecule has 0 bridgehead atoms. The van der Waals surface area contributed by atoms with Crippen molar-refractivity contribution in [1.29, 1.82) is 0 Å². The van der Waals surface area contributed by atoms with Gasteiger partial charge in [-0.25, -0.2) is 4.98 Å². The number of anilines is 1. The Balaban J connectivity index is 2.40. The predicted octanol–water partition coefficient (Wildman–Crippen LogP) is 2.39. The molecular weight excluding hydrogens is 194 g/mol. The van der Waals surface area contributed by atoms with Crippen LogP contribution in [0.5, 0.6) is 0 Å². The number of nitrogens with two attached hydrogens (primary N) is 1. The van der Waals surface area contributed by atoms with Gasteiger partial charge in [0.25, 0.3) is 0 Å². The highest BCUT2D eigenvalue weighted by atomic mass is 32.1. The van der Waals surface area contributed by atoms with Crippen LogP contribution in [0.4, 0.5) is 5.13 Å². The molecule has 0 aromatic carbocycles. The van der Waals surface area contributed by atoms with Gasteiger partial charge in [-0.3, -0.25) is 0 Å². The van der Waals surface area contributed by atoms with Crippen molar-refractivity contribution in [2.75, 3.05) is 5.73 Å². The van der Waals surface area contributed by atoms with Crippen LogP contribution in [0, 0.1) is 0 Å². The fourth-order valence-corrected chi connectivity index (χ4v) is 2.07. The van der Waals surface area contributed by atoms with Crippen LogP contribution in [0.15, 0.2) is 6.20 Å². The minimum atomic E-state index is 0.202. The molecule has 0 amide bonds. The van der Waals surface area contributed by atoms with Gasteiger partial charge in [0.15, 0.2) is 5.13 Å². The number of hydrogen-bond acceptors (Lipinski definition) is 4. The molecule has 0 saturated heterocycles. The van der Waals surface area contributed by atoms with Gasteiger partial charge in [0, 0.05) is 23.2 Å². The van der Waals surface area contributed by atoms with E-state index in [1.165, 1.54) is 17.7 Å². The minimum absolute atomic E-state index is 0.202. The zero-order chi connectivity index (χ0) is 10.6. The van der Waals surface area contributed by atoms with Crippen LogP contribution in [0.25, 0.3) is 0 Å². The zero-order valence-corrected chi connectivity index (χ0v) is 9.95. The van der Waals surface area contributed by atoms with E-state index in [4.69, 9.17) is 5.73 Å². The van der Waals surface area contributed by atoms with E-state index in [2.05, 4.69) is 31.1 Å². The van der Waals surface area contributed by atoms with Crippen molar-refractivity contribution in [3.63, 3.8) is 0 Å². The van der Waals surface area contributed by atoms with Gasteiger partial charge in [0.1, 0.15) is 0 Å². The largest absolute Gasteiger partial charge is 0.375 e. The molecule has 0 atom stereocenters. The van der Waals surface area contributed by atoms with Crippen LogP contribution >= 0.6 is 11.3 Å². The fraction of sp³-hybridized carbons (Fsp3) is 0.700. The summed E-state index contributed by atoms with van der Waals surface area (Å²) in [6.07, 6.45) is 4.22. The lowest BCUT2D eigenvalue weighted by atomic mass is 9.99. The first-order chi connectivity index (χ1) is 6.53. The number of nitrogens with zero attached hydrogens (tertiary/aromatic N) is 1. The maximum Gasteiger partial charge on any atom is 0.180 e. The molecule has 1 heterocycles. The van der Waals surface area contributed by atoms with Gasteiger partial charge in [0.05, 0.1) is 0 Å². The molecule has 0 aliphatic rings. The highest BCUT2D eigenvalue weighted by molar-refractivity contribution is 7.15. The summed E-state index contributed by atoms with van der Waals surface area (Å²) in [5, 5.41) is 4.15. The summed E-state index contributed by atoms with van der Waals surface area (Å²) in [7, 11) is 0. The van der Waals surface area contributed by atoms with Crippen molar-refractivity contribution in [2.45, 2.75) is 45.7 Å². The first kappa shape index (κ1) is 11.5. The van der Waals surface area contributed by atoms with Crippen LogP contribution in [0.1, 0.15) is 38.5 Å². The molecule has 0 unspecified atom stereocenters. The third-order valence-electron chi connectivity index (χ3n) is 2.19. The van der Waals surface area contributed by atoms with E-state index in [1.807, 2.05) is 6.20 Å². The molecule has 0 spiro atoms. The molecule has 0 fully saturated rings. The summed E-state index contributed by atoms with van der Waals surface area (Å²) >= 11 is 1.55. The van der Waals surface area contributed by atoms with E-state index >= 15 is 0 Å². The summed E-state index contributed by atoms with van der Waals surface area (Å²) in [6.45, 7) is 7.51. The van der Waals surface area contributed by atoms with Crippen molar-refractivity contribution in [1.82, 2.24) is 10.3 Å². The van der Waals surface area contributed by atoms with Crippen molar-refractivity contribution in [3.8, 4) is 0 Å². The lowest BCUT2D eigenvalue weighted by Gasteiger charge is -2.25. The van der Waals surface area contributed by atoms with Gasteiger partial charge < -0.3 is 11.1 Å². The number of rotatable bonds is 5. The van der Waals surface area contributed by atoms with Gasteiger partial charge in [-0.15, -0.1) is 11.3 Å². The van der Waals surface area contributed by atoms with E-state index in [0.29, 0.717) is 5.13 Å². The summed E-state index contributed by atoms with van der Waals surface area (Å²) in [4.78, 5) is 5.22. The first-order valence-corrected chi connectivity index (χ1v) is 5.80. The van der Waals surface area contributed by atoms with Gasteiger partial charge in [-0.1, -0.05) is 13.3 Å². The van der Waals surface area contributed by atoms with Crippen molar-refractivity contribution in [2.24, 2.45) is 0 Å². The van der Waals surface area contributed by atoms with Crippen LogP contribution in [-0.2, 0) is 6.54 Å². The molecule has 4 heteroatoms. The molecule has 0 saturated carbocycles. The Bertz CT molecular complexity index is 281. The fourth-order valence-electron chi connectivity index (χ4n) is 1.44. The Morgan fingerprint density at radius 3 is 2.79 bits per heavy atom. The van der Waals surface area contributed by atoms with E-state index in [9.17, 15) is 0 Å². The Hall–Kier alpha value is -0.610. The topological polar surface area (TPSA) is 50.9 Å². The number of nitrogen functional groups attached to an aromatic ring is 1. The van der Waals surface area contributed by atoms with Crippen molar-refractivity contribution >= 4 is 16.5 Å². The van der Waals surface area contributed by atoms with Crippen molar-refractivity contribution in [3.05, 3.63) is 11.1 Å². The van der Waals surface area contributed by atoms with Crippen molar-refractivity contribution < 1.29 is 0 Å². The van der Waals surface area contributed by atoms with Crippen LogP contribution in [0.3, 0.4) is 0 Å². The lowest BCUT2D eigenvalue weighted by molar-refractivity contribution is 0.358. The number of nitrogens with one attached hydrogen (secondary N) is 1. The second kappa shape index (κ2) is 4.75. The molecule has 3 N–H and O–H groups in total. The third-order valence-corrected chi connectivity index (χ3v) is 3.01. The second-order valence-electron chi connectivity index (χ2n) is 4.15. The maximum absolute atomic E-state index is 5.56. The number of hydrogen-bond donors (Lipinski definition) is 2. The standard InChI is InChI=1S/C10H19N3S/c1-4-5-10(2,3)13-7-8-6-12-9(11)14-8/h6,13H,4-5,7H2,1-3H3,(H2,11,12). The number of aromatic nitrogens is 1. The Labute approximate surface area is 89.7 Å². The van der Waals surface area contributed by atoms with E-state index in [0.717, 1.165) is 6.54 Å². The normalized spacial score (nSPS) is 11.9. The Kier molecular flexibility index (Phi) is 3.89. The smallest absolute Gasteiger partial charge is 0.180 e. The predicted molar refractivity (Wildman–Crippen MR) is 62.4 cm³/mol. The maximum atomic E-state index is 5.56. The van der Waals surface area contributed by atoms with Crippen LogP contribution in [-0.4, -0.2) is 10.5 Å². The monoisotopic (exact) mass is 213 g/mol.